The Labute approximate surface area is 145 Å². The molecule has 0 aliphatic heterocycles. The lowest BCUT2D eigenvalue weighted by Crippen LogP contribution is -2.27. The molecule has 3 N–H and O–H groups in total. The summed E-state index contributed by atoms with van der Waals surface area (Å²) in [5, 5.41) is 12.7. The number of pyridine rings is 1. The first kappa shape index (κ1) is 17.0. The SMILES string of the molecule is CC(C)(C)OC(=O)Nc1[nH]ncc1CNCc1cn2ccccc2n1. The number of hydrogen-bond donors (Lipinski definition) is 3. The molecule has 0 fully saturated rings. The molecule has 3 aromatic heterocycles. The van der Waals surface area contributed by atoms with Crippen LogP contribution in [0, 0.1) is 0 Å². The molecule has 8 nitrogen and oxygen atoms in total. The van der Waals surface area contributed by atoms with E-state index < -0.39 is 11.7 Å². The van der Waals surface area contributed by atoms with Gasteiger partial charge in [-0.15, -0.1) is 0 Å². The first-order valence-corrected chi connectivity index (χ1v) is 8.06. The fraction of sp³-hybridized carbons (Fsp3) is 0.353. The van der Waals surface area contributed by atoms with Gasteiger partial charge in [0.25, 0.3) is 0 Å². The van der Waals surface area contributed by atoms with E-state index in [0.29, 0.717) is 18.9 Å². The number of aromatic nitrogens is 4. The first-order chi connectivity index (χ1) is 11.9. The average Bonchev–Trinajstić information content (AvgIpc) is 3.11. The van der Waals surface area contributed by atoms with Crippen LogP contribution in [0.15, 0.2) is 36.8 Å². The monoisotopic (exact) mass is 342 g/mol. The molecule has 0 aliphatic rings. The highest BCUT2D eigenvalue weighted by Gasteiger charge is 2.17. The highest BCUT2D eigenvalue weighted by Crippen LogP contribution is 2.14. The summed E-state index contributed by atoms with van der Waals surface area (Å²) in [4.78, 5) is 16.4. The number of carbonyl (C=O) groups excluding carboxylic acids is 1. The Morgan fingerprint density at radius 1 is 1.32 bits per heavy atom. The minimum atomic E-state index is -0.550. The van der Waals surface area contributed by atoms with E-state index in [1.165, 1.54) is 0 Å². The maximum Gasteiger partial charge on any atom is 0.413 e. The minimum Gasteiger partial charge on any atom is -0.444 e. The van der Waals surface area contributed by atoms with Crippen LogP contribution >= 0.6 is 0 Å². The van der Waals surface area contributed by atoms with E-state index >= 15 is 0 Å². The van der Waals surface area contributed by atoms with Gasteiger partial charge >= 0.3 is 6.09 Å². The van der Waals surface area contributed by atoms with Crippen molar-refractivity contribution >= 4 is 17.6 Å². The number of aromatic amines is 1. The normalized spacial score (nSPS) is 11.6. The number of anilines is 1. The number of nitrogens with zero attached hydrogens (tertiary/aromatic N) is 3. The number of fused-ring (bicyclic) bond motifs is 1. The number of nitrogens with one attached hydrogen (secondary N) is 3. The van der Waals surface area contributed by atoms with Gasteiger partial charge in [-0.1, -0.05) is 6.07 Å². The Morgan fingerprint density at radius 2 is 2.16 bits per heavy atom. The van der Waals surface area contributed by atoms with Gasteiger partial charge in [-0.3, -0.25) is 10.4 Å². The summed E-state index contributed by atoms with van der Waals surface area (Å²) in [6.07, 6.45) is 5.10. The number of rotatable bonds is 5. The molecule has 0 bridgehead atoms. The molecule has 0 aromatic carbocycles. The highest BCUT2D eigenvalue weighted by molar-refractivity contribution is 5.84. The molecule has 0 spiro atoms. The Bertz CT molecular complexity index is 828. The summed E-state index contributed by atoms with van der Waals surface area (Å²) in [5.41, 5.74) is 2.15. The third kappa shape index (κ3) is 4.57. The summed E-state index contributed by atoms with van der Waals surface area (Å²) < 4.78 is 7.22. The van der Waals surface area contributed by atoms with E-state index in [1.54, 1.807) is 6.20 Å². The van der Waals surface area contributed by atoms with Crippen molar-refractivity contribution in [2.75, 3.05) is 5.32 Å². The molecule has 0 radical (unpaired) electrons. The van der Waals surface area contributed by atoms with E-state index in [-0.39, 0.29) is 0 Å². The van der Waals surface area contributed by atoms with Gasteiger partial charge in [-0.25, -0.2) is 9.78 Å². The van der Waals surface area contributed by atoms with Crippen LogP contribution in [-0.4, -0.2) is 31.3 Å². The van der Waals surface area contributed by atoms with Gasteiger partial charge in [0.15, 0.2) is 0 Å². The van der Waals surface area contributed by atoms with E-state index in [9.17, 15) is 4.79 Å². The van der Waals surface area contributed by atoms with Crippen molar-refractivity contribution in [1.29, 1.82) is 0 Å². The van der Waals surface area contributed by atoms with Gasteiger partial charge in [0.1, 0.15) is 17.1 Å². The molecule has 0 unspecified atom stereocenters. The maximum absolute atomic E-state index is 11.9. The minimum absolute atomic E-state index is 0.515. The van der Waals surface area contributed by atoms with E-state index in [4.69, 9.17) is 4.74 Å². The Hall–Kier alpha value is -2.87. The van der Waals surface area contributed by atoms with Crippen molar-refractivity contribution in [1.82, 2.24) is 24.9 Å². The van der Waals surface area contributed by atoms with Crippen molar-refractivity contribution in [3.8, 4) is 0 Å². The summed E-state index contributed by atoms with van der Waals surface area (Å²) >= 11 is 0. The molecular formula is C17H22N6O2. The number of imidazole rings is 1. The summed E-state index contributed by atoms with van der Waals surface area (Å²) in [6, 6.07) is 5.88. The van der Waals surface area contributed by atoms with Crippen LogP contribution in [0.5, 0.6) is 0 Å². The quantitative estimate of drug-likeness (QED) is 0.662. The van der Waals surface area contributed by atoms with E-state index in [1.807, 2.05) is 55.8 Å². The van der Waals surface area contributed by atoms with Gasteiger partial charge in [0.05, 0.1) is 11.9 Å². The fourth-order valence-electron chi connectivity index (χ4n) is 2.36. The molecule has 3 heterocycles. The largest absolute Gasteiger partial charge is 0.444 e. The van der Waals surface area contributed by atoms with Gasteiger partial charge < -0.3 is 14.5 Å². The first-order valence-electron chi connectivity index (χ1n) is 8.06. The lowest BCUT2D eigenvalue weighted by Gasteiger charge is -2.19. The number of carbonyl (C=O) groups is 1. The Morgan fingerprint density at radius 3 is 2.92 bits per heavy atom. The molecule has 8 heteroatoms. The second kappa shape index (κ2) is 6.94. The zero-order chi connectivity index (χ0) is 17.9. The lowest BCUT2D eigenvalue weighted by atomic mass is 10.2. The van der Waals surface area contributed by atoms with Crippen LogP contribution in [0.3, 0.4) is 0 Å². The van der Waals surface area contributed by atoms with Crippen LogP contribution in [0.25, 0.3) is 5.65 Å². The molecule has 25 heavy (non-hydrogen) atoms. The maximum atomic E-state index is 11.9. The topological polar surface area (TPSA) is 96.3 Å². The van der Waals surface area contributed by atoms with E-state index in [0.717, 1.165) is 16.9 Å². The summed E-state index contributed by atoms with van der Waals surface area (Å²) in [5.74, 6) is 0.525. The number of H-pyrrole nitrogens is 1. The predicted octanol–water partition coefficient (Wildman–Crippen LogP) is 2.69. The van der Waals surface area contributed by atoms with Gasteiger partial charge in [-0.05, 0) is 32.9 Å². The molecule has 1 amide bonds. The van der Waals surface area contributed by atoms with E-state index in [2.05, 4.69) is 25.8 Å². The summed E-state index contributed by atoms with van der Waals surface area (Å²) in [6.45, 7) is 6.60. The number of amides is 1. The van der Waals surface area contributed by atoms with Crippen molar-refractivity contribution in [2.45, 2.75) is 39.5 Å². The standard InChI is InChI=1S/C17H22N6O2/c1-17(2,3)25-16(24)21-15-12(9-19-22-15)8-18-10-13-11-23-7-5-4-6-14(23)20-13/h4-7,9,11,18H,8,10H2,1-3H3,(H2,19,21,22,24). The van der Waals surface area contributed by atoms with Crippen LogP contribution < -0.4 is 10.6 Å². The van der Waals surface area contributed by atoms with Crippen LogP contribution in [0.2, 0.25) is 0 Å². The molecule has 3 rings (SSSR count). The molecule has 0 atom stereocenters. The van der Waals surface area contributed by atoms with Crippen LogP contribution in [-0.2, 0) is 17.8 Å². The predicted molar refractivity (Wildman–Crippen MR) is 94.2 cm³/mol. The molecule has 0 aliphatic carbocycles. The molecule has 3 aromatic rings. The van der Waals surface area contributed by atoms with Gasteiger partial charge in [0.2, 0.25) is 0 Å². The van der Waals surface area contributed by atoms with Crippen molar-refractivity contribution in [3.63, 3.8) is 0 Å². The Balaban J connectivity index is 1.55. The third-order valence-electron chi connectivity index (χ3n) is 3.38. The lowest BCUT2D eigenvalue weighted by molar-refractivity contribution is 0.0635. The zero-order valence-electron chi connectivity index (χ0n) is 14.5. The molecule has 0 saturated heterocycles. The summed E-state index contributed by atoms with van der Waals surface area (Å²) in [7, 11) is 0. The van der Waals surface area contributed by atoms with Gasteiger partial charge in [0, 0.05) is 31.0 Å². The number of hydrogen-bond acceptors (Lipinski definition) is 5. The van der Waals surface area contributed by atoms with Crippen LogP contribution in [0.4, 0.5) is 10.6 Å². The number of ether oxygens (including phenoxy) is 1. The van der Waals surface area contributed by atoms with Gasteiger partial charge in [-0.2, -0.15) is 5.10 Å². The van der Waals surface area contributed by atoms with Crippen molar-refractivity contribution < 1.29 is 9.53 Å². The molecule has 0 saturated carbocycles. The zero-order valence-corrected chi connectivity index (χ0v) is 14.5. The van der Waals surface area contributed by atoms with Crippen LogP contribution in [0.1, 0.15) is 32.0 Å². The van der Waals surface area contributed by atoms with Crippen molar-refractivity contribution in [2.24, 2.45) is 0 Å². The second-order valence-electron chi connectivity index (χ2n) is 6.70. The third-order valence-corrected chi connectivity index (χ3v) is 3.38. The smallest absolute Gasteiger partial charge is 0.413 e. The second-order valence-corrected chi connectivity index (χ2v) is 6.70. The fourth-order valence-corrected chi connectivity index (χ4v) is 2.36. The highest BCUT2D eigenvalue weighted by atomic mass is 16.6. The average molecular weight is 342 g/mol. The molecule has 132 valence electrons. The Kier molecular flexibility index (Phi) is 4.71. The molecular weight excluding hydrogens is 320 g/mol. The van der Waals surface area contributed by atoms with Crippen molar-refractivity contribution in [3.05, 3.63) is 48.0 Å².